The van der Waals surface area contributed by atoms with Gasteiger partial charge in [0, 0.05) is 0 Å². The fourth-order valence-electron chi connectivity index (χ4n) is 1.78. The molecule has 8 heteroatoms. The van der Waals surface area contributed by atoms with Crippen LogP contribution < -0.4 is 0 Å². The van der Waals surface area contributed by atoms with E-state index in [2.05, 4.69) is 14.7 Å². The predicted molar refractivity (Wildman–Crippen MR) is 79.0 cm³/mol. The van der Waals surface area contributed by atoms with Gasteiger partial charge in [-0.3, -0.25) is 0 Å². The first-order chi connectivity index (χ1) is 10.8. The number of pyridine rings is 1. The Morgan fingerprint density at radius 1 is 1.26 bits per heavy atom. The van der Waals surface area contributed by atoms with Gasteiger partial charge in [0.1, 0.15) is 0 Å². The second-order valence-electron chi connectivity index (χ2n) is 4.41. The molecule has 1 heterocycles. The van der Waals surface area contributed by atoms with Gasteiger partial charge in [0.05, 0.1) is 0 Å². The summed E-state index contributed by atoms with van der Waals surface area (Å²) in [5, 5.41) is 0. The van der Waals surface area contributed by atoms with Gasteiger partial charge < -0.3 is 0 Å². The molecule has 0 aliphatic rings. The van der Waals surface area contributed by atoms with Gasteiger partial charge in [0.25, 0.3) is 0 Å². The summed E-state index contributed by atoms with van der Waals surface area (Å²) < 4.78 is 44.3. The van der Waals surface area contributed by atoms with Crippen molar-refractivity contribution in [3.8, 4) is 0 Å². The van der Waals surface area contributed by atoms with Crippen molar-refractivity contribution in [2.45, 2.75) is 6.18 Å². The molecule has 2 aromatic rings. The Hall–Kier alpha value is -1.78. The summed E-state index contributed by atoms with van der Waals surface area (Å²) in [6.07, 6.45) is -3.59. The van der Waals surface area contributed by atoms with Crippen molar-refractivity contribution in [1.29, 1.82) is 0 Å². The Bertz CT molecular complexity index is 746. The Morgan fingerprint density at radius 3 is 2.48 bits per heavy atom. The van der Waals surface area contributed by atoms with Gasteiger partial charge in [-0.1, -0.05) is 0 Å². The van der Waals surface area contributed by atoms with Crippen molar-refractivity contribution in [2.75, 3.05) is 7.11 Å². The molecule has 0 amide bonds. The molecule has 0 aliphatic carbocycles. The number of methoxy groups -OCH3 is 1. The number of aliphatic imine (C=N–C) groups is 1. The first kappa shape index (κ1) is 17.6. The molecule has 0 atom stereocenters. The molecule has 0 spiro atoms. The minimum absolute atomic E-state index is 0.0406. The molecular formula is C15H10F3N2O2Pb. The van der Waals surface area contributed by atoms with Crippen LogP contribution in [-0.2, 0) is 10.9 Å². The normalized spacial score (nSPS) is 12.1. The summed E-state index contributed by atoms with van der Waals surface area (Å²) >= 11 is 0.543. The molecule has 23 heavy (non-hydrogen) atoms. The van der Waals surface area contributed by atoms with Crippen molar-refractivity contribution in [2.24, 2.45) is 4.99 Å². The van der Waals surface area contributed by atoms with Gasteiger partial charge in [-0.15, -0.1) is 0 Å². The standard InChI is InChI=1S/C15H10F3N2O2.Pb/c1-22-14(21)13-12(15(16,17)18)7-11(9-20-13)19-8-10-5-3-2-4-6-10;/h2-7,9H,1H3;. The van der Waals surface area contributed by atoms with Gasteiger partial charge in [0.2, 0.25) is 0 Å². The number of ether oxygens (including phenoxy) is 1. The number of alkyl halides is 3. The zero-order valence-corrected chi connectivity index (χ0v) is 15.8. The molecule has 1 aromatic carbocycles. The minimum atomic E-state index is -4.72. The summed E-state index contributed by atoms with van der Waals surface area (Å²) in [5.74, 6) is -1.14. The van der Waals surface area contributed by atoms with E-state index in [1.165, 1.54) is 0 Å². The zero-order chi connectivity index (χ0) is 17.0. The number of benzene rings is 1. The van der Waals surface area contributed by atoms with E-state index < -0.39 is 23.4 Å². The van der Waals surface area contributed by atoms with Gasteiger partial charge >= 0.3 is 146 Å². The molecule has 0 saturated heterocycles. The monoisotopic (exact) mass is 515 g/mol. The third kappa shape index (κ3) is 4.36. The molecule has 0 unspecified atom stereocenters. The van der Waals surface area contributed by atoms with Crippen LogP contribution in [0.25, 0.3) is 0 Å². The summed E-state index contributed by atoms with van der Waals surface area (Å²) in [5.41, 5.74) is -1.05. The molecule has 0 aliphatic heterocycles. The maximum absolute atomic E-state index is 13.1. The van der Waals surface area contributed by atoms with Crippen LogP contribution in [0, 0.1) is 0 Å². The molecule has 1 aromatic heterocycles. The number of aromatic nitrogens is 1. The summed E-state index contributed by atoms with van der Waals surface area (Å²) in [6.45, 7) is 0. The van der Waals surface area contributed by atoms with Gasteiger partial charge in [-0.05, 0) is 0 Å². The second-order valence-corrected chi connectivity index (χ2v) is 6.25. The van der Waals surface area contributed by atoms with Crippen molar-refractivity contribution in [1.82, 2.24) is 4.98 Å². The molecule has 0 N–H and O–H groups in total. The van der Waals surface area contributed by atoms with Crippen molar-refractivity contribution in [3.63, 3.8) is 0 Å². The third-order valence-electron chi connectivity index (χ3n) is 2.85. The number of esters is 1. The number of carbonyl (C=O) groups excluding carboxylic acids is 1. The topological polar surface area (TPSA) is 51.5 Å². The maximum atomic E-state index is 13.1. The van der Waals surface area contributed by atoms with Crippen LogP contribution in [0.5, 0.6) is 0 Å². The quantitative estimate of drug-likeness (QED) is 0.360. The molecule has 0 fully saturated rings. The number of hydrogen-bond acceptors (Lipinski definition) is 4. The van der Waals surface area contributed by atoms with Crippen LogP contribution in [-0.4, -0.2) is 47.1 Å². The third-order valence-corrected chi connectivity index (χ3v) is 4.40. The Morgan fingerprint density at radius 2 is 1.91 bits per heavy atom. The predicted octanol–water partition coefficient (Wildman–Crippen LogP) is 3.13. The van der Waals surface area contributed by atoms with E-state index in [1.54, 1.807) is 0 Å². The molecule has 117 valence electrons. The number of hydrogen-bond donors (Lipinski definition) is 0. The molecule has 0 saturated carbocycles. The number of nitrogens with zero attached hydrogens (tertiary/aromatic N) is 2. The average molecular weight is 514 g/mol. The number of rotatable bonds is 3. The zero-order valence-electron chi connectivity index (χ0n) is 11.9. The van der Waals surface area contributed by atoms with Crippen LogP contribution in [0.1, 0.15) is 21.6 Å². The fourth-order valence-corrected chi connectivity index (χ4v) is 2.93. The van der Waals surface area contributed by atoms with Crippen LogP contribution in [0.4, 0.5) is 18.9 Å². The van der Waals surface area contributed by atoms with Crippen LogP contribution in [0.15, 0.2) is 47.6 Å². The van der Waals surface area contributed by atoms with E-state index in [9.17, 15) is 18.0 Å². The Labute approximate surface area is 146 Å². The first-order valence-electron chi connectivity index (χ1n) is 6.34. The summed E-state index contributed by atoms with van der Waals surface area (Å²) in [4.78, 5) is 19.2. The first-order valence-corrected chi connectivity index (χ1v) is 8.28. The van der Waals surface area contributed by atoms with Crippen molar-refractivity contribution < 1.29 is 22.7 Å². The molecular weight excluding hydrogens is 504 g/mol. The molecule has 4 nitrogen and oxygen atoms in total. The van der Waals surface area contributed by atoms with Crippen LogP contribution >= 0.6 is 0 Å². The average Bonchev–Trinajstić information content (AvgIpc) is 2.54. The van der Waals surface area contributed by atoms with E-state index >= 15 is 0 Å². The summed E-state index contributed by atoms with van der Waals surface area (Å²) in [6, 6.07) is 9.94. The van der Waals surface area contributed by atoms with E-state index in [0.717, 1.165) is 24.9 Å². The van der Waals surface area contributed by atoms with Crippen LogP contribution in [0.2, 0.25) is 0 Å². The van der Waals surface area contributed by atoms with Crippen molar-refractivity contribution in [3.05, 3.63) is 59.4 Å². The fraction of sp³-hybridized carbons (Fsp3) is 0.133. The van der Waals surface area contributed by atoms with E-state index in [4.69, 9.17) is 0 Å². The number of carbonyl (C=O) groups is 1. The molecule has 2 rings (SSSR count). The Kier molecular flexibility index (Phi) is 5.50. The van der Waals surface area contributed by atoms with E-state index in [-0.39, 0.29) is 5.69 Å². The number of halogens is 3. The Balaban J connectivity index is 2.48. The van der Waals surface area contributed by atoms with Crippen molar-refractivity contribution >= 4 is 40.7 Å². The molecule has 3 radical (unpaired) electrons. The summed E-state index contributed by atoms with van der Waals surface area (Å²) in [7, 11) is 1.00. The van der Waals surface area contributed by atoms with Gasteiger partial charge in [-0.2, -0.15) is 0 Å². The van der Waals surface area contributed by atoms with Crippen LogP contribution in [0.3, 0.4) is 0 Å². The molecule has 0 bridgehead atoms. The van der Waals surface area contributed by atoms with E-state index in [0.29, 0.717) is 29.0 Å². The SMILES string of the molecule is COC(=O)c1ncc(N=[C]([Pb])c2ccccc2)cc1C(F)(F)F. The van der Waals surface area contributed by atoms with Gasteiger partial charge in [-0.25, -0.2) is 0 Å². The van der Waals surface area contributed by atoms with Gasteiger partial charge in [0.15, 0.2) is 0 Å². The van der Waals surface area contributed by atoms with E-state index in [1.807, 2.05) is 30.3 Å². The second kappa shape index (κ2) is 7.20.